The van der Waals surface area contributed by atoms with Crippen LogP contribution in [-0.2, 0) is 11.2 Å². The van der Waals surface area contributed by atoms with Gasteiger partial charge in [-0.25, -0.2) is 0 Å². The molecule has 0 aliphatic carbocycles. The van der Waals surface area contributed by atoms with Gasteiger partial charge in [-0.2, -0.15) is 0 Å². The van der Waals surface area contributed by atoms with E-state index in [0.717, 1.165) is 24.8 Å². The zero-order chi connectivity index (χ0) is 16.1. The van der Waals surface area contributed by atoms with Gasteiger partial charge in [0, 0.05) is 29.1 Å². The fourth-order valence-corrected chi connectivity index (χ4v) is 2.96. The van der Waals surface area contributed by atoms with Gasteiger partial charge in [0.2, 0.25) is 5.91 Å². The minimum atomic E-state index is -0.0135. The lowest BCUT2D eigenvalue weighted by Crippen LogP contribution is -2.39. The Kier molecular flexibility index (Phi) is 5.64. The second kappa shape index (κ2) is 7.48. The van der Waals surface area contributed by atoms with Crippen molar-refractivity contribution < 1.29 is 4.79 Å². The average Bonchev–Trinajstić information content (AvgIpc) is 2.89. The highest BCUT2D eigenvalue weighted by Crippen LogP contribution is 2.21. The summed E-state index contributed by atoms with van der Waals surface area (Å²) in [4.78, 5) is 15.7. The minimum absolute atomic E-state index is 0.0135. The second-order valence-corrected chi connectivity index (χ2v) is 6.71. The summed E-state index contributed by atoms with van der Waals surface area (Å²) in [5, 5.41) is 4.43. The number of carbonyl (C=O) groups is 1. The summed E-state index contributed by atoms with van der Waals surface area (Å²) < 4.78 is 0. The molecule has 0 aliphatic heterocycles. The number of aromatic nitrogens is 1. The van der Waals surface area contributed by atoms with Crippen LogP contribution < -0.4 is 5.32 Å². The lowest BCUT2D eigenvalue weighted by Gasteiger charge is -2.21. The van der Waals surface area contributed by atoms with Crippen LogP contribution in [0.1, 0.15) is 46.1 Å². The molecule has 0 saturated carbocycles. The number of fused-ring (bicyclic) bond motifs is 1. The number of amides is 1. The van der Waals surface area contributed by atoms with Gasteiger partial charge < -0.3 is 10.3 Å². The van der Waals surface area contributed by atoms with E-state index in [-0.39, 0.29) is 17.9 Å². The summed E-state index contributed by atoms with van der Waals surface area (Å²) in [7, 11) is 0. The SMILES string of the molecule is CCC(CC(C)C)NC(=O)C(C)Cc1c[nH]c2ccccc12. The lowest BCUT2D eigenvalue weighted by atomic mass is 9.97. The number of para-hydroxylation sites is 1. The molecule has 0 fully saturated rings. The number of hydrogen-bond acceptors (Lipinski definition) is 1. The van der Waals surface area contributed by atoms with Gasteiger partial charge in [0.25, 0.3) is 0 Å². The van der Waals surface area contributed by atoms with Crippen molar-refractivity contribution in [3.63, 3.8) is 0 Å². The first-order chi connectivity index (χ1) is 10.5. The molecule has 2 unspecified atom stereocenters. The van der Waals surface area contributed by atoms with E-state index >= 15 is 0 Å². The summed E-state index contributed by atoms with van der Waals surface area (Å²) in [6.45, 7) is 8.55. The zero-order valence-corrected chi connectivity index (χ0v) is 14.1. The van der Waals surface area contributed by atoms with E-state index in [1.807, 2.05) is 25.3 Å². The first kappa shape index (κ1) is 16.6. The highest BCUT2D eigenvalue weighted by Gasteiger charge is 2.19. The van der Waals surface area contributed by atoms with E-state index in [1.165, 1.54) is 10.9 Å². The van der Waals surface area contributed by atoms with Crippen molar-refractivity contribution in [3.05, 3.63) is 36.0 Å². The highest BCUT2D eigenvalue weighted by atomic mass is 16.1. The fraction of sp³-hybridized carbons (Fsp3) is 0.526. The second-order valence-electron chi connectivity index (χ2n) is 6.71. The van der Waals surface area contributed by atoms with Crippen molar-refractivity contribution in [2.75, 3.05) is 0 Å². The Morgan fingerprint density at radius 2 is 1.95 bits per heavy atom. The Morgan fingerprint density at radius 3 is 2.64 bits per heavy atom. The summed E-state index contributed by atoms with van der Waals surface area (Å²) in [6, 6.07) is 8.54. The van der Waals surface area contributed by atoms with Crippen LogP contribution in [0.3, 0.4) is 0 Å². The van der Waals surface area contributed by atoms with Crippen LogP contribution in [0.15, 0.2) is 30.5 Å². The van der Waals surface area contributed by atoms with Gasteiger partial charge in [-0.3, -0.25) is 4.79 Å². The average molecular weight is 300 g/mol. The molecule has 0 spiro atoms. The van der Waals surface area contributed by atoms with E-state index in [4.69, 9.17) is 0 Å². The van der Waals surface area contributed by atoms with Crippen LogP contribution in [0.5, 0.6) is 0 Å². The molecule has 2 aromatic rings. The van der Waals surface area contributed by atoms with Crippen molar-refractivity contribution in [1.82, 2.24) is 10.3 Å². The van der Waals surface area contributed by atoms with Crippen molar-refractivity contribution >= 4 is 16.8 Å². The predicted molar refractivity (Wildman–Crippen MR) is 92.8 cm³/mol. The van der Waals surface area contributed by atoms with Crippen molar-refractivity contribution in [1.29, 1.82) is 0 Å². The van der Waals surface area contributed by atoms with E-state index in [1.54, 1.807) is 0 Å². The molecule has 120 valence electrons. The maximum absolute atomic E-state index is 12.4. The molecule has 2 N–H and O–H groups in total. The third kappa shape index (κ3) is 4.12. The molecule has 3 nitrogen and oxygen atoms in total. The largest absolute Gasteiger partial charge is 0.361 e. The summed E-state index contributed by atoms with van der Waals surface area (Å²) in [6.07, 6.45) is 4.83. The molecule has 0 aliphatic rings. The Labute approximate surface area is 133 Å². The first-order valence-corrected chi connectivity index (χ1v) is 8.36. The summed E-state index contributed by atoms with van der Waals surface area (Å²) in [5.41, 5.74) is 2.35. The van der Waals surface area contributed by atoms with Gasteiger partial charge in [0.05, 0.1) is 0 Å². The van der Waals surface area contributed by atoms with E-state index < -0.39 is 0 Å². The number of hydrogen-bond donors (Lipinski definition) is 2. The molecular weight excluding hydrogens is 272 g/mol. The fourth-order valence-electron chi connectivity index (χ4n) is 2.96. The minimum Gasteiger partial charge on any atom is -0.361 e. The van der Waals surface area contributed by atoms with E-state index in [9.17, 15) is 4.79 Å². The van der Waals surface area contributed by atoms with Crippen LogP contribution in [0, 0.1) is 11.8 Å². The van der Waals surface area contributed by atoms with Crippen LogP contribution in [0.2, 0.25) is 0 Å². The standard InChI is InChI=1S/C19H28N2O/c1-5-16(10-13(2)3)21-19(22)14(4)11-15-12-20-18-9-7-6-8-17(15)18/h6-9,12-14,16,20H,5,10-11H2,1-4H3,(H,21,22). The molecule has 0 bridgehead atoms. The molecule has 0 saturated heterocycles. The highest BCUT2D eigenvalue weighted by molar-refractivity contribution is 5.84. The van der Waals surface area contributed by atoms with Gasteiger partial charge >= 0.3 is 0 Å². The number of H-pyrrole nitrogens is 1. The number of carbonyl (C=O) groups excluding carboxylic acids is 1. The number of rotatable bonds is 7. The molecule has 2 rings (SSSR count). The smallest absolute Gasteiger partial charge is 0.223 e. The van der Waals surface area contributed by atoms with Crippen LogP contribution in [0.4, 0.5) is 0 Å². The monoisotopic (exact) mass is 300 g/mol. The van der Waals surface area contributed by atoms with Crippen LogP contribution >= 0.6 is 0 Å². The Balaban J connectivity index is 1.99. The molecule has 3 heteroatoms. The van der Waals surface area contributed by atoms with Crippen molar-refractivity contribution in [3.8, 4) is 0 Å². The predicted octanol–water partition coefficient (Wildman–Crippen LogP) is 4.29. The summed E-state index contributed by atoms with van der Waals surface area (Å²) >= 11 is 0. The van der Waals surface area contributed by atoms with Crippen LogP contribution in [0.25, 0.3) is 10.9 Å². The number of nitrogens with one attached hydrogen (secondary N) is 2. The van der Waals surface area contributed by atoms with Gasteiger partial charge in [-0.1, -0.05) is 45.9 Å². The molecule has 1 heterocycles. The van der Waals surface area contributed by atoms with Gasteiger partial charge in [0.15, 0.2) is 0 Å². The zero-order valence-electron chi connectivity index (χ0n) is 14.1. The van der Waals surface area contributed by atoms with Gasteiger partial charge in [-0.05, 0) is 36.8 Å². The van der Waals surface area contributed by atoms with Gasteiger partial charge in [0.1, 0.15) is 0 Å². The number of aromatic amines is 1. The molecule has 2 atom stereocenters. The summed E-state index contributed by atoms with van der Waals surface area (Å²) in [5.74, 6) is 0.757. The topological polar surface area (TPSA) is 44.9 Å². The third-order valence-electron chi connectivity index (χ3n) is 4.24. The van der Waals surface area contributed by atoms with Gasteiger partial charge in [-0.15, -0.1) is 0 Å². The molecule has 1 aromatic heterocycles. The maximum Gasteiger partial charge on any atom is 0.223 e. The molecular formula is C19H28N2O. The van der Waals surface area contributed by atoms with E-state index in [2.05, 4.69) is 43.2 Å². The van der Waals surface area contributed by atoms with Crippen LogP contribution in [-0.4, -0.2) is 16.9 Å². The molecule has 1 amide bonds. The van der Waals surface area contributed by atoms with E-state index in [0.29, 0.717) is 5.92 Å². The Morgan fingerprint density at radius 1 is 1.23 bits per heavy atom. The van der Waals surface area contributed by atoms with Crippen molar-refractivity contribution in [2.24, 2.45) is 11.8 Å². The quantitative estimate of drug-likeness (QED) is 0.787. The first-order valence-electron chi connectivity index (χ1n) is 8.36. The molecule has 22 heavy (non-hydrogen) atoms. The molecule has 1 aromatic carbocycles. The Hall–Kier alpha value is -1.77. The maximum atomic E-state index is 12.4. The molecule has 0 radical (unpaired) electrons. The third-order valence-corrected chi connectivity index (χ3v) is 4.24. The lowest BCUT2D eigenvalue weighted by molar-refractivity contribution is -0.125. The normalized spacial score (nSPS) is 14.2. The Bertz CT molecular complexity index is 615. The number of benzene rings is 1. The van der Waals surface area contributed by atoms with Crippen molar-refractivity contribution in [2.45, 2.75) is 53.0 Å².